The third-order valence-corrected chi connectivity index (χ3v) is 6.74. The van der Waals surface area contributed by atoms with Gasteiger partial charge in [0.1, 0.15) is 23.2 Å². The average molecular weight is 492 g/mol. The van der Waals surface area contributed by atoms with Crippen LogP contribution in [0.15, 0.2) is 17.1 Å². The van der Waals surface area contributed by atoms with E-state index in [0.29, 0.717) is 36.3 Å². The van der Waals surface area contributed by atoms with Gasteiger partial charge in [-0.05, 0) is 58.6 Å². The summed E-state index contributed by atoms with van der Waals surface area (Å²) >= 11 is 0. The number of amides is 1. The van der Waals surface area contributed by atoms with E-state index >= 15 is 4.39 Å². The topological polar surface area (TPSA) is 101 Å². The number of carboxylic acids is 1. The Kier molecular flexibility index (Phi) is 6.27. The van der Waals surface area contributed by atoms with Crippen molar-refractivity contribution in [2.75, 3.05) is 18.0 Å². The number of carbonyl (C=O) groups excluding carboxylic acids is 1. The fourth-order valence-corrected chi connectivity index (χ4v) is 4.92. The Morgan fingerprint density at radius 1 is 1.31 bits per heavy atom. The number of hydrogen-bond acceptors (Lipinski definition) is 5. The number of hydrogen-bond donors (Lipinski definition) is 2. The number of aryl methyl sites for hydroxylation is 1. The zero-order valence-electron chi connectivity index (χ0n) is 20.5. The molecular weight excluding hydrogens is 460 g/mol. The standard InChI is InChI=1S/C25H31F2N3O5/c1-12-20-15(22(31)16(23(32)33)11-30(20)19-9-17(19)26)8-18(27)21(12)29-7-6-14(10-29)13(2)28-24(34)35-25(3,4)5/h8,11,13-14,17,19H,6-7,9-10H2,1-5H3,(H,28,34)(H,32,33)/t13-,14+,17?,19?/m0/s1. The quantitative estimate of drug-likeness (QED) is 0.651. The van der Waals surface area contributed by atoms with Gasteiger partial charge in [-0.3, -0.25) is 4.79 Å². The summed E-state index contributed by atoms with van der Waals surface area (Å²) in [6.07, 6.45) is 0.425. The van der Waals surface area contributed by atoms with Gasteiger partial charge < -0.3 is 24.6 Å². The van der Waals surface area contributed by atoms with Crippen molar-refractivity contribution in [2.45, 2.75) is 71.3 Å². The van der Waals surface area contributed by atoms with E-state index in [1.807, 2.05) is 11.8 Å². The number of nitrogens with zero attached hydrogens (tertiary/aromatic N) is 2. The van der Waals surface area contributed by atoms with Gasteiger partial charge in [0.05, 0.1) is 17.2 Å². The highest BCUT2D eigenvalue weighted by molar-refractivity contribution is 5.95. The van der Waals surface area contributed by atoms with E-state index in [1.165, 1.54) is 10.8 Å². The number of benzene rings is 1. The minimum atomic E-state index is -1.43. The Labute approximate surface area is 201 Å². The van der Waals surface area contributed by atoms with E-state index in [-0.39, 0.29) is 23.8 Å². The SMILES string of the molecule is Cc1c(N2CC[C@@H]([C@H](C)NC(=O)OC(C)(C)C)C2)c(F)cc2c(=O)c(C(=O)O)cn(C3CC3F)c12. The van der Waals surface area contributed by atoms with Crippen LogP contribution in [0.2, 0.25) is 0 Å². The second-order valence-corrected chi connectivity index (χ2v) is 10.6. The minimum Gasteiger partial charge on any atom is -0.477 e. The summed E-state index contributed by atoms with van der Waals surface area (Å²) in [6.45, 7) is 9.89. The average Bonchev–Trinajstić information content (AvgIpc) is 3.25. The first-order valence-electron chi connectivity index (χ1n) is 11.8. The second-order valence-electron chi connectivity index (χ2n) is 10.6. The summed E-state index contributed by atoms with van der Waals surface area (Å²) in [5.41, 5.74) is -0.801. The number of alkyl halides is 1. The number of ether oxygens (including phenoxy) is 1. The molecule has 0 spiro atoms. The van der Waals surface area contributed by atoms with Crippen LogP contribution in [0, 0.1) is 18.7 Å². The number of alkyl carbamates (subject to hydrolysis) is 1. The van der Waals surface area contributed by atoms with Crippen molar-refractivity contribution in [3.63, 3.8) is 0 Å². The first-order chi connectivity index (χ1) is 16.3. The molecule has 2 N–H and O–H groups in total. The molecule has 1 aliphatic heterocycles. The Morgan fingerprint density at radius 2 is 1.97 bits per heavy atom. The molecule has 4 atom stereocenters. The molecule has 0 radical (unpaired) electrons. The molecule has 4 rings (SSSR count). The number of anilines is 1. The number of halogens is 2. The van der Waals surface area contributed by atoms with Crippen LogP contribution in [-0.4, -0.2) is 52.6 Å². The Bertz CT molecular complexity index is 1250. The molecule has 190 valence electrons. The summed E-state index contributed by atoms with van der Waals surface area (Å²) in [7, 11) is 0. The number of fused-ring (bicyclic) bond motifs is 1. The van der Waals surface area contributed by atoms with E-state index in [9.17, 15) is 23.9 Å². The van der Waals surface area contributed by atoms with Crippen molar-refractivity contribution in [1.29, 1.82) is 0 Å². The number of aromatic carboxylic acids is 1. The molecule has 1 saturated carbocycles. The van der Waals surface area contributed by atoms with Crippen molar-refractivity contribution < 1.29 is 28.2 Å². The molecular formula is C25H31F2N3O5. The lowest BCUT2D eigenvalue weighted by Crippen LogP contribution is -2.42. The summed E-state index contributed by atoms with van der Waals surface area (Å²) in [4.78, 5) is 38.4. The van der Waals surface area contributed by atoms with Crippen LogP contribution < -0.4 is 15.6 Å². The maximum atomic E-state index is 15.4. The Morgan fingerprint density at radius 3 is 2.54 bits per heavy atom. The molecule has 0 bridgehead atoms. The first-order valence-corrected chi connectivity index (χ1v) is 11.8. The molecule has 2 unspecified atom stereocenters. The van der Waals surface area contributed by atoms with Gasteiger partial charge in [-0.2, -0.15) is 0 Å². The number of aromatic nitrogens is 1. The van der Waals surface area contributed by atoms with E-state index in [4.69, 9.17) is 4.74 Å². The highest BCUT2D eigenvalue weighted by Crippen LogP contribution is 2.43. The Balaban J connectivity index is 1.67. The zero-order valence-corrected chi connectivity index (χ0v) is 20.5. The molecule has 1 saturated heterocycles. The summed E-state index contributed by atoms with van der Waals surface area (Å²) in [5.74, 6) is -2.04. The molecule has 35 heavy (non-hydrogen) atoms. The molecule has 1 aliphatic carbocycles. The third-order valence-electron chi connectivity index (χ3n) is 6.74. The maximum Gasteiger partial charge on any atom is 0.407 e. The summed E-state index contributed by atoms with van der Waals surface area (Å²) in [6, 6.07) is 0.264. The van der Waals surface area contributed by atoms with Crippen LogP contribution in [0.3, 0.4) is 0 Å². The largest absolute Gasteiger partial charge is 0.477 e. The molecule has 1 aromatic heterocycles. The van der Waals surface area contributed by atoms with Crippen molar-refractivity contribution in [3.05, 3.63) is 39.4 Å². The van der Waals surface area contributed by atoms with Crippen molar-refractivity contribution in [1.82, 2.24) is 9.88 Å². The number of nitrogens with one attached hydrogen (secondary N) is 1. The highest BCUT2D eigenvalue weighted by Gasteiger charge is 2.41. The fraction of sp³-hybridized carbons (Fsp3) is 0.560. The van der Waals surface area contributed by atoms with Gasteiger partial charge in [0.15, 0.2) is 0 Å². The highest BCUT2D eigenvalue weighted by atomic mass is 19.1. The molecule has 2 aromatic rings. The smallest absolute Gasteiger partial charge is 0.407 e. The number of carbonyl (C=O) groups is 2. The van der Waals surface area contributed by atoms with Crippen LogP contribution in [0.25, 0.3) is 10.9 Å². The molecule has 2 heterocycles. The minimum absolute atomic E-state index is 0.0345. The van der Waals surface area contributed by atoms with Crippen LogP contribution in [-0.2, 0) is 4.74 Å². The lowest BCUT2D eigenvalue weighted by atomic mass is 10.0. The van der Waals surface area contributed by atoms with Gasteiger partial charge in [0.2, 0.25) is 5.43 Å². The van der Waals surface area contributed by atoms with Crippen molar-refractivity contribution >= 4 is 28.7 Å². The molecule has 1 amide bonds. The number of pyridine rings is 1. The van der Waals surface area contributed by atoms with Gasteiger partial charge in [-0.15, -0.1) is 0 Å². The van der Waals surface area contributed by atoms with Gasteiger partial charge in [-0.25, -0.2) is 18.4 Å². The summed E-state index contributed by atoms with van der Waals surface area (Å²) < 4.78 is 36.2. The number of carboxylic acid groups (broad SMARTS) is 1. The van der Waals surface area contributed by atoms with Gasteiger partial charge in [0.25, 0.3) is 0 Å². The molecule has 8 nitrogen and oxygen atoms in total. The van der Waals surface area contributed by atoms with Gasteiger partial charge in [0, 0.05) is 37.1 Å². The maximum absolute atomic E-state index is 15.4. The van der Waals surface area contributed by atoms with Crippen LogP contribution in [0.5, 0.6) is 0 Å². The molecule has 10 heteroatoms. The third kappa shape index (κ3) is 4.83. The van der Waals surface area contributed by atoms with E-state index < -0.39 is 46.7 Å². The molecule has 2 fully saturated rings. The number of rotatable bonds is 5. The van der Waals surface area contributed by atoms with Gasteiger partial charge in [-0.1, -0.05) is 0 Å². The lowest BCUT2D eigenvalue weighted by molar-refractivity contribution is 0.0494. The zero-order chi connectivity index (χ0) is 25.8. The van der Waals surface area contributed by atoms with Crippen LogP contribution in [0.1, 0.15) is 62.5 Å². The lowest BCUT2D eigenvalue weighted by Gasteiger charge is -2.26. The van der Waals surface area contributed by atoms with Gasteiger partial charge >= 0.3 is 12.1 Å². The predicted molar refractivity (Wildman–Crippen MR) is 128 cm³/mol. The van der Waals surface area contributed by atoms with Crippen molar-refractivity contribution in [3.8, 4) is 0 Å². The van der Waals surface area contributed by atoms with Crippen LogP contribution >= 0.6 is 0 Å². The van der Waals surface area contributed by atoms with E-state index in [2.05, 4.69) is 5.32 Å². The molecule has 1 aromatic carbocycles. The predicted octanol–water partition coefficient (Wildman–Crippen LogP) is 4.17. The normalized spacial score (nSPS) is 22.8. The molecule has 2 aliphatic rings. The van der Waals surface area contributed by atoms with E-state index in [0.717, 1.165) is 6.07 Å². The van der Waals surface area contributed by atoms with Crippen LogP contribution in [0.4, 0.5) is 19.3 Å². The Hall–Kier alpha value is -3.17. The monoisotopic (exact) mass is 491 g/mol. The fourth-order valence-electron chi connectivity index (χ4n) is 4.92. The second kappa shape index (κ2) is 8.80. The summed E-state index contributed by atoms with van der Waals surface area (Å²) in [5, 5.41) is 12.2. The first kappa shape index (κ1) is 24.9. The van der Waals surface area contributed by atoms with E-state index in [1.54, 1.807) is 27.7 Å². The van der Waals surface area contributed by atoms with Crippen molar-refractivity contribution in [2.24, 2.45) is 5.92 Å².